The van der Waals surface area contributed by atoms with Crippen LogP contribution in [0.15, 0.2) is 54.9 Å². The molecule has 0 aliphatic heterocycles. The number of benzene rings is 2. The van der Waals surface area contributed by atoms with Crippen LogP contribution in [0.3, 0.4) is 0 Å². The largest absolute Gasteiger partial charge is 0.330 e. The van der Waals surface area contributed by atoms with Crippen molar-refractivity contribution in [2.75, 3.05) is 17.2 Å². The Bertz CT molecular complexity index is 1080. The molecule has 2 aromatic carbocycles. The maximum atomic E-state index is 13.2. The molecule has 3 N–H and O–H groups in total. The molecule has 0 saturated heterocycles. The van der Waals surface area contributed by atoms with E-state index in [0.29, 0.717) is 18.2 Å². The van der Waals surface area contributed by atoms with Crippen molar-refractivity contribution in [1.29, 1.82) is 0 Å². The highest BCUT2D eigenvalue weighted by atomic mass is 19.2. The van der Waals surface area contributed by atoms with E-state index in [1.165, 1.54) is 6.07 Å². The fraction of sp³-hybridized carbons (Fsp3) is 0.227. The molecule has 0 bridgehead atoms. The number of carbonyl (C=O) groups is 2. The van der Waals surface area contributed by atoms with Gasteiger partial charge in [-0.05, 0) is 29.8 Å². The van der Waals surface area contributed by atoms with Crippen molar-refractivity contribution < 1.29 is 18.4 Å². The third kappa shape index (κ3) is 6.11. The van der Waals surface area contributed by atoms with Crippen molar-refractivity contribution in [1.82, 2.24) is 14.9 Å². The lowest BCUT2D eigenvalue weighted by Crippen LogP contribution is -2.35. The van der Waals surface area contributed by atoms with Gasteiger partial charge in [-0.15, -0.1) is 0 Å². The Morgan fingerprint density at radius 2 is 1.81 bits per heavy atom. The van der Waals surface area contributed by atoms with Crippen LogP contribution in [-0.2, 0) is 11.3 Å². The summed E-state index contributed by atoms with van der Waals surface area (Å²) >= 11 is 0. The van der Waals surface area contributed by atoms with Gasteiger partial charge in [0.05, 0.1) is 6.54 Å². The van der Waals surface area contributed by atoms with Crippen LogP contribution >= 0.6 is 0 Å². The molecule has 1 aromatic heterocycles. The van der Waals surface area contributed by atoms with Gasteiger partial charge in [0.2, 0.25) is 5.91 Å². The summed E-state index contributed by atoms with van der Waals surface area (Å²) in [5.74, 6) is -1.38. The van der Waals surface area contributed by atoms with Crippen molar-refractivity contribution in [3.05, 3.63) is 77.9 Å². The lowest BCUT2D eigenvalue weighted by molar-refractivity contribution is -0.115. The minimum Gasteiger partial charge on any atom is -0.330 e. The highest BCUT2D eigenvalue weighted by Crippen LogP contribution is 2.16. The molecule has 0 aliphatic carbocycles. The molecular formula is C22H23F2N5O2. The lowest BCUT2D eigenvalue weighted by Gasteiger charge is -2.12. The van der Waals surface area contributed by atoms with Gasteiger partial charge in [-0.25, -0.2) is 18.6 Å². The molecule has 0 fully saturated rings. The first-order chi connectivity index (χ1) is 14.8. The van der Waals surface area contributed by atoms with Crippen LogP contribution in [0.5, 0.6) is 0 Å². The van der Waals surface area contributed by atoms with Gasteiger partial charge in [0.1, 0.15) is 5.82 Å². The van der Waals surface area contributed by atoms with Crippen LogP contribution < -0.4 is 16.0 Å². The average Bonchev–Trinajstić information content (AvgIpc) is 3.18. The molecule has 0 unspecified atom stereocenters. The number of urea groups is 1. The van der Waals surface area contributed by atoms with Crippen LogP contribution in [0.25, 0.3) is 0 Å². The predicted octanol–water partition coefficient (Wildman–Crippen LogP) is 4.09. The Morgan fingerprint density at radius 1 is 1.03 bits per heavy atom. The third-order valence-corrected chi connectivity index (χ3v) is 4.41. The monoisotopic (exact) mass is 427 g/mol. The van der Waals surface area contributed by atoms with E-state index < -0.39 is 23.6 Å². The highest BCUT2D eigenvalue weighted by Gasteiger charge is 2.10. The van der Waals surface area contributed by atoms with Crippen molar-refractivity contribution >= 4 is 23.3 Å². The topological polar surface area (TPSA) is 88.1 Å². The Hall–Kier alpha value is -3.75. The molecule has 31 heavy (non-hydrogen) atoms. The molecular weight excluding hydrogens is 404 g/mol. The van der Waals surface area contributed by atoms with Crippen molar-refractivity contribution in [3.8, 4) is 0 Å². The van der Waals surface area contributed by atoms with Gasteiger partial charge in [0.25, 0.3) is 0 Å². The molecule has 3 rings (SSSR count). The number of halogens is 2. The van der Waals surface area contributed by atoms with Crippen molar-refractivity contribution in [2.45, 2.75) is 26.3 Å². The zero-order valence-electron chi connectivity index (χ0n) is 17.2. The molecule has 0 spiro atoms. The SMILES string of the molecule is CC(C)c1nccn1Cc1cccc(NC(=O)NCC(=O)Nc2ccc(F)c(F)c2)c1. The van der Waals surface area contributed by atoms with Crippen LogP contribution in [0.4, 0.5) is 25.0 Å². The Kier molecular flexibility index (Phi) is 6.96. The minimum absolute atomic E-state index is 0.0964. The molecule has 0 atom stereocenters. The Morgan fingerprint density at radius 3 is 2.55 bits per heavy atom. The molecule has 0 saturated carbocycles. The predicted molar refractivity (Wildman–Crippen MR) is 114 cm³/mol. The maximum Gasteiger partial charge on any atom is 0.319 e. The molecule has 162 valence electrons. The first-order valence-electron chi connectivity index (χ1n) is 9.71. The second-order valence-electron chi connectivity index (χ2n) is 7.25. The smallest absolute Gasteiger partial charge is 0.319 e. The van der Waals surface area contributed by atoms with Gasteiger partial charge >= 0.3 is 6.03 Å². The normalized spacial score (nSPS) is 10.7. The zero-order chi connectivity index (χ0) is 22.4. The number of anilines is 2. The summed E-state index contributed by atoms with van der Waals surface area (Å²) < 4.78 is 28.2. The van der Waals surface area contributed by atoms with E-state index in [9.17, 15) is 18.4 Å². The van der Waals surface area contributed by atoms with Gasteiger partial charge in [-0.3, -0.25) is 4.79 Å². The minimum atomic E-state index is -1.07. The van der Waals surface area contributed by atoms with E-state index in [0.717, 1.165) is 23.5 Å². The molecule has 0 radical (unpaired) electrons. The molecule has 1 heterocycles. The average molecular weight is 427 g/mol. The number of imidazole rings is 1. The highest BCUT2D eigenvalue weighted by molar-refractivity contribution is 5.96. The van der Waals surface area contributed by atoms with Gasteiger partial charge in [0, 0.05) is 42.3 Å². The van der Waals surface area contributed by atoms with Gasteiger partial charge in [0.15, 0.2) is 11.6 Å². The Balaban J connectivity index is 1.52. The van der Waals surface area contributed by atoms with Crippen molar-refractivity contribution in [3.63, 3.8) is 0 Å². The van der Waals surface area contributed by atoms with Gasteiger partial charge in [-0.1, -0.05) is 26.0 Å². The number of rotatable bonds is 7. The van der Waals surface area contributed by atoms with Crippen molar-refractivity contribution in [2.24, 2.45) is 0 Å². The molecule has 0 aliphatic rings. The second-order valence-corrected chi connectivity index (χ2v) is 7.25. The fourth-order valence-electron chi connectivity index (χ4n) is 3.01. The van der Waals surface area contributed by atoms with E-state index in [-0.39, 0.29) is 12.2 Å². The molecule has 3 amide bonds. The maximum absolute atomic E-state index is 13.2. The molecule has 9 heteroatoms. The first kappa shape index (κ1) is 21.9. The summed E-state index contributed by atoms with van der Waals surface area (Å²) in [6.45, 7) is 4.42. The quantitative estimate of drug-likeness (QED) is 0.531. The summed E-state index contributed by atoms with van der Waals surface area (Å²) in [6, 6.07) is 9.79. The Labute approximate surface area is 178 Å². The van der Waals surface area contributed by atoms with Gasteiger partial charge in [-0.2, -0.15) is 0 Å². The van der Waals surface area contributed by atoms with Gasteiger partial charge < -0.3 is 20.5 Å². The summed E-state index contributed by atoms with van der Waals surface area (Å²) in [5, 5.41) is 7.47. The summed E-state index contributed by atoms with van der Waals surface area (Å²) in [7, 11) is 0. The number of hydrogen-bond acceptors (Lipinski definition) is 3. The van der Waals surface area contributed by atoms with E-state index in [2.05, 4.69) is 34.8 Å². The number of carbonyl (C=O) groups excluding carboxylic acids is 2. The number of nitrogens with zero attached hydrogens (tertiary/aromatic N) is 2. The van der Waals surface area contributed by atoms with E-state index in [4.69, 9.17) is 0 Å². The molecule has 7 nitrogen and oxygen atoms in total. The number of aromatic nitrogens is 2. The van der Waals surface area contributed by atoms with Crippen LogP contribution in [0, 0.1) is 11.6 Å². The fourth-order valence-corrected chi connectivity index (χ4v) is 3.01. The summed E-state index contributed by atoms with van der Waals surface area (Å²) in [6.07, 6.45) is 3.67. The number of nitrogens with one attached hydrogen (secondary N) is 3. The summed E-state index contributed by atoms with van der Waals surface area (Å²) in [5.41, 5.74) is 1.65. The third-order valence-electron chi connectivity index (χ3n) is 4.41. The van der Waals surface area contributed by atoms with Crippen LogP contribution in [0.1, 0.15) is 31.2 Å². The standard InChI is InChI=1S/C22H23F2N5O2/c1-14(2)21-25-8-9-29(21)13-15-4-3-5-16(10-15)28-22(31)26-12-20(30)27-17-6-7-18(23)19(24)11-17/h3-11,14H,12-13H2,1-2H3,(H,27,30)(H2,26,28,31). The number of amides is 3. The van der Waals surface area contributed by atoms with Crippen LogP contribution in [-0.4, -0.2) is 28.0 Å². The molecule has 3 aromatic rings. The van der Waals surface area contributed by atoms with E-state index in [1.54, 1.807) is 12.3 Å². The van der Waals surface area contributed by atoms with E-state index >= 15 is 0 Å². The number of hydrogen-bond donors (Lipinski definition) is 3. The van der Waals surface area contributed by atoms with Crippen LogP contribution in [0.2, 0.25) is 0 Å². The second kappa shape index (κ2) is 9.84. The first-order valence-corrected chi connectivity index (χ1v) is 9.71. The zero-order valence-corrected chi connectivity index (χ0v) is 17.2. The summed E-state index contributed by atoms with van der Waals surface area (Å²) in [4.78, 5) is 28.4. The lowest BCUT2D eigenvalue weighted by atomic mass is 10.1. The van der Waals surface area contributed by atoms with E-state index in [1.807, 2.05) is 29.0 Å².